The molecular formula is C32H34N4O2. The van der Waals surface area contributed by atoms with Gasteiger partial charge in [-0.05, 0) is 82.1 Å². The van der Waals surface area contributed by atoms with Crippen LogP contribution in [0.25, 0.3) is 33.6 Å². The van der Waals surface area contributed by atoms with E-state index in [0.717, 1.165) is 83.4 Å². The summed E-state index contributed by atoms with van der Waals surface area (Å²) in [5.41, 5.74) is 9.08. The Bertz CT molecular complexity index is 1460. The number of carbonyl (C=O) groups excluding carboxylic acids is 1. The Labute approximate surface area is 223 Å². The minimum Gasteiger partial charge on any atom is -0.444 e. The van der Waals surface area contributed by atoms with E-state index in [9.17, 15) is 4.79 Å². The third-order valence-corrected chi connectivity index (χ3v) is 7.69. The predicted molar refractivity (Wildman–Crippen MR) is 150 cm³/mol. The third-order valence-electron chi connectivity index (χ3n) is 7.69. The van der Waals surface area contributed by atoms with Gasteiger partial charge in [-0.2, -0.15) is 5.10 Å². The number of amides is 1. The number of aromatic nitrogens is 3. The number of aromatic amines is 1. The second-order valence-electron chi connectivity index (χ2n) is 11.5. The lowest BCUT2D eigenvalue weighted by Crippen LogP contribution is -2.52. The first-order valence-corrected chi connectivity index (χ1v) is 13.6. The molecule has 1 amide bonds. The number of nitrogens with zero attached hydrogens (tertiary/aromatic N) is 2. The Kier molecular flexibility index (Phi) is 6.05. The molecule has 2 N–H and O–H groups in total. The molecule has 4 aromatic rings. The summed E-state index contributed by atoms with van der Waals surface area (Å²) < 4.78 is 5.56. The van der Waals surface area contributed by atoms with Crippen molar-refractivity contribution in [1.82, 2.24) is 20.5 Å². The average Bonchev–Trinajstić information content (AvgIpc) is 3.27. The third kappa shape index (κ3) is 4.60. The molecule has 0 unspecified atom stereocenters. The molecular weight excluding hydrogens is 472 g/mol. The molecule has 6 rings (SSSR count). The molecule has 2 aromatic carbocycles. The van der Waals surface area contributed by atoms with Crippen LogP contribution in [0.4, 0.5) is 4.79 Å². The number of nitrogens with one attached hydrogen (secondary N) is 2. The van der Waals surface area contributed by atoms with Gasteiger partial charge in [-0.25, -0.2) is 4.79 Å². The molecule has 194 valence electrons. The van der Waals surface area contributed by atoms with Crippen LogP contribution in [-0.4, -0.2) is 26.9 Å². The van der Waals surface area contributed by atoms with E-state index in [4.69, 9.17) is 9.72 Å². The first-order valence-electron chi connectivity index (χ1n) is 13.6. The van der Waals surface area contributed by atoms with E-state index >= 15 is 0 Å². The van der Waals surface area contributed by atoms with E-state index in [2.05, 4.69) is 70.1 Å². The number of alkyl carbamates (subject to hydrolysis) is 1. The van der Waals surface area contributed by atoms with Crippen LogP contribution in [0, 0.1) is 0 Å². The summed E-state index contributed by atoms with van der Waals surface area (Å²) in [6.45, 7) is 5.67. The smallest absolute Gasteiger partial charge is 0.408 e. The van der Waals surface area contributed by atoms with Crippen molar-refractivity contribution in [2.45, 2.75) is 70.4 Å². The molecule has 0 atom stereocenters. The fourth-order valence-corrected chi connectivity index (χ4v) is 5.66. The molecule has 0 spiro atoms. The number of ether oxygens (including phenoxy) is 1. The molecule has 2 aliphatic carbocycles. The van der Waals surface area contributed by atoms with E-state index in [-0.39, 0.29) is 11.6 Å². The second kappa shape index (κ2) is 9.43. The molecule has 1 fully saturated rings. The number of fused-ring (bicyclic) bond motifs is 3. The van der Waals surface area contributed by atoms with Gasteiger partial charge < -0.3 is 10.1 Å². The number of aryl methyl sites for hydroxylation is 2. The van der Waals surface area contributed by atoms with Gasteiger partial charge >= 0.3 is 6.09 Å². The first-order chi connectivity index (χ1) is 18.3. The number of hydrogen-bond acceptors (Lipinski definition) is 4. The highest BCUT2D eigenvalue weighted by Crippen LogP contribution is 2.43. The van der Waals surface area contributed by atoms with Gasteiger partial charge in [0.25, 0.3) is 0 Å². The number of carbonyl (C=O) groups is 1. The van der Waals surface area contributed by atoms with Gasteiger partial charge in [0.05, 0.1) is 28.8 Å². The molecule has 0 saturated heterocycles. The van der Waals surface area contributed by atoms with Gasteiger partial charge in [0.1, 0.15) is 5.60 Å². The Morgan fingerprint density at radius 2 is 1.71 bits per heavy atom. The zero-order chi connectivity index (χ0) is 26.3. The zero-order valence-electron chi connectivity index (χ0n) is 22.3. The van der Waals surface area contributed by atoms with Gasteiger partial charge in [-0.1, -0.05) is 54.6 Å². The maximum Gasteiger partial charge on any atom is 0.408 e. The molecule has 6 heteroatoms. The Balaban J connectivity index is 1.39. The number of rotatable bonds is 4. The quantitative estimate of drug-likeness (QED) is 0.307. The molecule has 2 heterocycles. The van der Waals surface area contributed by atoms with Gasteiger partial charge in [-0.3, -0.25) is 10.1 Å². The minimum atomic E-state index is -0.527. The van der Waals surface area contributed by atoms with Crippen LogP contribution < -0.4 is 5.32 Å². The number of benzene rings is 2. The second-order valence-corrected chi connectivity index (χ2v) is 11.5. The van der Waals surface area contributed by atoms with Gasteiger partial charge in [0.15, 0.2) is 0 Å². The molecule has 0 bridgehead atoms. The van der Waals surface area contributed by atoms with Gasteiger partial charge in [0, 0.05) is 16.7 Å². The van der Waals surface area contributed by atoms with Crippen LogP contribution in [0.1, 0.15) is 63.3 Å². The van der Waals surface area contributed by atoms with E-state index in [0.29, 0.717) is 0 Å². The lowest BCUT2D eigenvalue weighted by atomic mass is 9.71. The summed E-state index contributed by atoms with van der Waals surface area (Å²) in [4.78, 5) is 17.9. The minimum absolute atomic E-state index is 0.363. The van der Waals surface area contributed by atoms with Crippen molar-refractivity contribution in [2.24, 2.45) is 0 Å². The van der Waals surface area contributed by atoms with E-state index in [1.807, 2.05) is 33.0 Å². The topological polar surface area (TPSA) is 79.9 Å². The van der Waals surface area contributed by atoms with Gasteiger partial charge in [-0.15, -0.1) is 0 Å². The fraction of sp³-hybridized carbons (Fsp3) is 0.344. The molecule has 2 aromatic heterocycles. The highest BCUT2D eigenvalue weighted by atomic mass is 16.6. The summed E-state index contributed by atoms with van der Waals surface area (Å²) >= 11 is 0. The summed E-state index contributed by atoms with van der Waals surface area (Å²) in [5.74, 6) is 0. The fourth-order valence-electron chi connectivity index (χ4n) is 5.66. The van der Waals surface area contributed by atoms with Gasteiger partial charge in [0.2, 0.25) is 0 Å². The van der Waals surface area contributed by atoms with Crippen molar-refractivity contribution >= 4 is 6.09 Å². The van der Waals surface area contributed by atoms with Crippen LogP contribution in [0.5, 0.6) is 0 Å². The molecule has 0 radical (unpaired) electrons. The Hall–Kier alpha value is -3.93. The van der Waals surface area contributed by atoms with Crippen LogP contribution in [0.2, 0.25) is 0 Å². The lowest BCUT2D eigenvalue weighted by Gasteiger charge is -2.43. The number of H-pyrrole nitrogens is 1. The zero-order valence-corrected chi connectivity index (χ0v) is 22.3. The predicted octanol–water partition coefficient (Wildman–Crippen LogP) is 7.20. The molecule has 1 saturated carbocycles. The SMILES string of the molecule is CC(C)(C)OC(=O)NC1(c2ccc(-c3nc4c(cc3-c3ccccc3)-c3[nH]ncc3CCC4)cc2)CCC1. The molecule has 0 aliphatic heterocycles. The molecule has 2 aliphatic rings. The van der Waals surface area contributed by atoms with Crippen LogP contribution >= 0.6 is 0 Å². The summed E-state index contributed by atoms with van der Waals surface area (Å²) in [7, 11) is 0. The largest absolute Gasteiger partial charge is 0.444 e. The number of hydrogen-bond donors (Lipinski definition) is 2. The summed E-state index contributed by atoms with van der Waals surface area (Å²) in [6, 6.07) is 21.3. The maximum atomic E-state index is 12.6. The van der Waals surface area contributed by atoms with Crippen LogP contribution in [-0.2, 0) is 23.1 Å². The maximum absolute atomic E-state index is 12.6. The lowest BCUT2D eigenvalue weighted by molar-refractivity contribution is 0.0377. The highest BCUT2D eigenvalue weighted by Gasteiger charge is 2.41. The molecule has 38 heavy (non-hydrogen) atoms. The van der Waals surface area contributed by atoms with E-state index < -0.39 is 5.60 Å². The first kappa shape index (κ1) is 24.4. The van der Waals surface area contributed by atoms with Crippen LogP contribution in [0.3, 0.4) is 0 Å². The van der Waals surface area contributed by atoms with Crippen molar-refractivity contribution in [3.8, 4) is 33.6 Å². The van der Waals surface area contributed by atoms with Crippen molar-refractivity contribution < 1.29 is 9.53 Å². The summed E-state index contributed by atoms with van der Waals surface area (Å²) in [5, 5.41) is 10.7. The van der Waals surface area contributed by atoms with Crippen molar-refractivity contribution in [2.75, 3.05) is 0 Å². The Morgan fingerprint density at radius 1 is 0.947 bits per heavy atom. The summed E-state index contributed by atoms with van der Waals surface area (Å²) in [6.07, 6.45) is 7.46. The van der Waals surface area contributed by atoms with Crippen molar-refractivity contribution in [3.05, 3.63) is 83.7 Å². The van der Waals surface area contributed by atoms with Crippen molar-refractivity contribution in [1.29, 1.82) is 0 Å². The standard InChI is InChI=1S/C32H34N4O2/c1-31(2,3)38-30(37)35-32(17-8-18-32)24-15-13-22(14-16-24)28-25(21-9-5-4-6-10-21)19-26-27(34-28)12-7-11-23-20-33-36-29(23)26/h4-6,9-10,13-16,19-20H,7-8,11-12,17-18H2,1-3H3,(H,33,36)(H,35,37). The van der Waals surface area contributed by atoms with E-state index in [1.165, 1.54) is 5.56 Å². The van der Waals surface area contributed by atoms with Crippen molar-refractivity contribution in [3.63, 3.8) is 0 Å². The van der Waals surface area contributed by atoms with Crippen LogP contribution in [0.15, 0.2) is 66.9 Å². The number of pyridine rings is 1. The van der Waals surface area contributed by atoms with E-state index in [1.54, 1.807) is 0 Å². The monoisotopic (exact) mass is 506 g/mol. The normalized spacial score (nSPS) is 16.0. The average molecular weight is 507 g/mol. The highest BCUT2D eigenvalue weighted by molar-refractivity contribution is 5.85. The molecule has 6 nitrogen and oxygen atoms in total. The Morgan fingerprint density at radius 3 is 2.39 bits per heavy atom.